The molecule has 2 aromatic heterocycles. The van der Waals surface area contributed by atoms with Crippen LogP contribution < -0.4 is 10.1 Å². The summed E-state index contributed by atoms with van der Waals surface area (Å²) in [6.45, 7) is 0. The normalized spacial score (nSPS) is 19.2. The van der Waals surface area contributed by atoms with Gasteiger partial charge >= 0.3 is 0 Å². The lowest BCUT2D eigenvalue weighted by Gasteiger charge is -2.38. The van der Waals surface area contributed by atoms with Gasteiger partial charge in [-0.25, -0.2) is 9.07 Å². The number of hydrogen-bond acceptors (Lipinski definition) is 6. The molecule has 2 atom stereocenters. The third-order valence-electron chi connectivity index (χ3n) is 5.54. The Morgan fingerprint density at radius 1 is 1.10 bits per heavy atom. The Morgan fingerprint density at radius 3 is 2.74 bits per heavy atom. The van der Waals surface area contributed by atoms with Crippen LogP contribution in [0.4, 0.5) is 10.3 Å². The molecular formula is C23H17FN4OS2. The fraction of sp³-hybridized carbons (Fsp3) is 0.130. The average molecular weight is 449 g/mol. The first kappa shape index (κ1) is 18.7. The molecule has 2 aliphatic rings. The van der Waals surface area contributed by atoms with Gasteiger partial charge in [-0.2, -0.15) is 4.98 Å². The molecule has 0 saturated heterocycles. The van der Waals surface area contributed by atoms with Gasteiger partial charge in [0.25, 0.3) is 0 Å². The van der Waals surface area contributed by atoms with E-state index >= 15 is 4.39 Å². The first-order chi connectivity index (χ1) is 15.2. The van der Waals surface area contributed by atoms with E-state index in [9.17, 15) is 0 Å². The minimum absolute atomic E-state index is 0.280. The van der Waals surface area contributed by atoms with Gasteiger partial charge in [-0.05, 0) is 35.9 Å². The molecule has 0 bridgehead atoms. The summed E-state index contributed by atoms with van der Waals surface area (Å²) in [7, 11) is 0. The number of nitrogens with one attached hydrogen (secondary N) is 1. The standard InChI is InChI=1S/C23H17FN4OS2/c1-30-23-26-22-25-19-14-8-3-5-10-16(14)29-21(17-11-6-12-31-17)18(19)20(28(22)27-23)13-7-2-4-9-15(13)24/h2-12,20-21H,1H3,(H,25,26,27)/t20-,21+/m0/s1. The lowest BCUT2D eigenvalue weighted by molar-refractivity contribution is 0.226. The maximum atomic E-state index is 15.1. The van der Waals surface area contributed by atoms with Crippen molar-refractivity contribution in [2.24, 2.45) is 0 Å². The number of para-hydroxylation sites is 1. The summed E-state index contributed by atoms with van der Waals surface area (Å²) in [5, 5.41) is 10.8. The molecule has 0 unspecified atom stereocenters. The van der Waals surface area contributed by atoms with E-state index in [1.165, 1.54) is 17.8 Å². The zero-order valence-electron chi connectivity index (χ0n) is 16.4. The Kier molecular flexibility index (Phi) is 4.36. The van der Waals surface area contributed by atoms with Crippen LogP contribution in [0.5, 0.6) is 5.75 Å². The van der Waals surface area contributed by atoms with E-state index in [-0.39, 0.29) is 11.9 Å². The summed E-state index contributed by atoms with van der Waals surface area (Å²) in [6.07, 6.45) is 1.57. The molecule has 1 N–H and O–H groups in total. The predicted molar refractivity (Wildman–Crippen MR) is 121 cm³/mol. The molecule has 0 spiro atoms. The van der Waals surface area contributed by atoms with Crippen molar-refractivity contribution in [1.82, 2.24) is 14.8 Å². The van der Waals surface area contributed by atoms with Crippen molar-refractivity contribution in [3.8, 4) is 5.75 Å². The highest BCUT2D eigenvalue weighted by Gasteiger charge is 2.42. The first-order valence-corrected chi connectivity index (χ1v) is 11.9. The summed E-state index contributed by atoms with van der Waals surface area (Å²) in [5.74, 6) is 1.10. The van der Waals surface area contributed by atoms with E-state index in [1.54, 1.807) is 22.1 Å². The van der Waals surface area contributed by atoms with Gasteiger partial charge in [0.15, 0.2) is 6.10 Å². The summed E-state index contributed by atoms with van der Waals surface area (Å²) in [5.41, 5.74) is 3.31. The lowest BCUT2D eigenvalue weighted by atomic mass is 9.86. The fourth-order valence-electron chi connectivity index (χ4n) is 4.22. The number of fused-ring (bicyclic) bond motifs is 3. The largest absolute Gasteiger partial charge is 0.480 e. The molecule has 0 radical (unpaired) electrons. The van der Waals surface area contributed by atoms with Crippen molar-refractivity contribution in [3.63, 3.8) is 0 Å². The number of halogens is 1. The molecule has 0 aliphatic carbocycles. The van der Waals surface area contributed by atoms with Gasteiger partial charge in [-0.3, -0.25) is 0 Å². The monoisotopic (exact) mass is 448 g/mol. The van der Waals surface area contributed by atoms with Crippen LogP contribution in [-0.4, -0.2) is 21.0 Å². The molecule has 0 amide bonds. The van der Waals surface area contributed by atoms with Crippen molar-refractivity contribution in [1.29, 1.82) is 0 Å². The van der Waals surface area contributed by atoms with E-state index in [1.807, 2.05) is 54.1 Å². The highest BCUT2D eigenvalue weighted by molar-refractivity contribution is 7.98. The van der Waals surface area contributed by atoms with Crippen molar-refractivity contribution >= 4 is 34.7 Å². The number of thiophene rings is 1. The predicted octanol–water partition coefficient (Wildman–Crippen LogP) is 5.76. The van der Waals surface area contributed by atoms with Crippen LogP contribution in [0.2, 0.25) is 0 Å². The van der Waals surface area contributed by atoms with Crippen molar-refractivity contribution in [2.75, 3.05) is 11.6 Å². The molecule has 2 aliphatic heterocycles. The second-order valence-corrected chi connectivity index (χ2v) is 9.01. The minimum Gasteiger partial charge on any atom is -0.480 e. The molecule has 5 nitrogen and oxygen atoms in total. The molecule has 4 aromatic rings. The maximum Gasteiger partial charge on any atom is 0.227 e. The van der Waals surface area contributed by atoms with E-state index in [4.69, 9.17) is 4.74 Å². The average Bonchev–Trinajstić information content (AvgIpc) is 3.47. The van der Waals surface area contributed by atoms with Crippen LogP contribution in [0.15, 0.2) is 76.8 Å². The summed E-state index contributed by atoms with van der Waals surface area (Å²) < 4.78 is 23.4. The molecule has 0 saturated carbocycles. The Hall–Kier alpha value is -3.10. The SMILES string of the molecule is CSc1nc2n(n1)[C@@H](c1ccccc1F)C1=C(N2)c2ccccc2O[C@@H]1c1cccs1. The quantitative estimate of drug-likeness (QED) is 0.404. The van der Waals surface area contributed by atoms with Crippen molar-refractivity contribution in [2.45, 2.75) is 17.3 Å². The van der Waals surface area contributed by atoms with Crippen LogP contribution in [0.25, 0.3) is 5.70 Å². The maximum absolute atomic E-state index is 15.1. The van der Waals surface area contributed by atoms with Gasteiger partial charge in [0.05, 0.1) is 5.70 Å². The zero-order chi connectivity index (χ0) is 20.9. The van der Waals surface area contributed by atoms with Gasteiger partial charge in [-0.1, -0.05) is 48.2 Å². The number of nitrogens with zero attached hydrogens (tertiary/aromatic N) is 3. The van der Waals surface area contributed by atoms with E-state index in [0.717, 1.165) is 27.5 Å². The summed E-state index contributed by atoms with van der Waals surface area (Å²) in [6, 6.07) is 18.3. The number of ether oxygens (including phenoxy) is 1. The third kappa shape index (κ3) is 2.90. The lowest BCUT2D eigenvalue weighted by Crippen LogP contribution is -2.32. The molecule has 6 rings (SSSR count). The zero-order valence-corrected chi connectivity index (χ0v) is 18.1. The summed E-state index contributed by atoms with van der Waals surface area (Å²) in [4.78, 5) is 5.69. The second-order valence-electron chi connectivity index (χ2n) is 7.26. The Morgan fingerprint density at radius 2 is 1.94 bits per heavy atom. The molecule has 154 valence electrons. The molecule has 2 aromatic carbocycles. The molecule has 4 heterocycles. The van der Waals surface area contributed by atoms with Crippen LogP contribution in [0.3, 0.4) is 0 Å². The van der Waals surface area contributed by atoms with Gasteiger partial charge in [-0.15, -0.1) is 16.4 Å². The highest BCUT2D eigenvalue weighted by Crippen LogP contribution is 2.51. The third-order valence-corrected chi connectivity index (χ3v) is 7.00. The topological polar surface area (TPSA) is 52.0 Å². The van der Waals surface area contributed by atoms with Crippen LogP contribution >= 0.6 is 23.1 Å². The molecule has 31 heavy (non-hydrogen) atoms. The van der Waals surface area contributed by atoms with Crippen molar-refractivity contribution < 1.29 is 9.13 Å². The van der Waals surface area contributed by atoms with Gasteiger partial charge in [0.2, 0.25) is 11.1 Å². The van der Waals surface area contributed by atoms with E-state index in [2.05, 4.69) is 21.5 Å². The highest BCUT2D eigenvalue weighted by atomic mass is 32.2. The van der Waals surface area contributed by atoms with Crippen LogP contribution in [-0.2, 0) is 0 Å². The molecule has 8 heteroatoms. The smallest absolute Gasteiger partial charge is 0.227 e. The number of hydrogen-bond donors (Lipinski definition) is 1. The Balaban J connectivity index is 1.66. The fourth-order valence-corrected chi connectivity index (χ4v) is 5.34. The second kappa shape index (κ2) is 7.25. The number of rotatable bonds is 3. The Bertz CT molecular complexity index is 1310. The number of benzene rings is 2. The van der Waals surface area contributed by atoms with E-state index in [0.29, 0.717) is 16.7 Å². The van der Waals surface area contributed by atoms with Crippen LogP contribution in [0, 0.1) is 5.82 Å². The van der Waals surface area contributed by atoms with E-state index < -0.39 is 6.04 Å². The van der Waals surface area contributed by atoms with Gasteiger partial charge in [0.1, 0.15) is 17.6 Å². The number of thioether (sulfide) groups is 1. The summed E-state index contributed by atoms with van der Waals surface area (Å²) >= 11 is 3.08. The molecular weight excluding hydrogens is 431 g/mol. The van der Waals surface area contributed by atoms with Gasteiger partial charge in [0, 0.05) is 21.6 Å². The first-order valence-electron chi connectivity index (χ1n) is 9.80. The number of anilines is 1. The number of aromatic nitrogens is 3. The minimum atomic E-state index is -0.485. The molecule has 0 fully saturated rings. The Labute approximate surface area is 186 Å². The van der Waals surface area contributed by atoms with Crippen LogP contribution in [0.1, 0.15) is 28.1 Å². The van der Waals surface area contributed by atoms with Gasteiger partial charge < -0.3 is 10.1 Å². The van der Waals surface area contributed by atoms with Crippen molar-refractivity contribution in [3.05, 3.63) is 93.4 Å².